The molecule has 0 radical (unpaired) electrons. The quantitative estimate of drug-likeness (QED) is 0.651. The van der Waals surface area contributed by atoms with Crippen molar-refractivity contribution in [3.63, 3.8) is 0 Å². The van der Waals surface area contributed by atoms with Crippen LogP contribution < -0.4 is 10.2 Å². The highest BCUT2D eigenvalue weighted by molar-refractivity contribution is 6.17. The lowest BCUT2D eigenvalue weighted by molar-refractivity contribution is -0.137. The molecule has 8 nitrogen and oxygen atoms in total. The summed E-state index contributed by atoms with van der Waals surface area (Å²) in [5.41, 5.74) is 1.29. The minimum absolute atomic E-state index is 0.0607. The maximum Gasteiger partial charge on any atom is 0.337 e. The molecule has 1 aromatic rings. The summed E-state index contributed by atoms with van der Waals surface area (Å²) in [6.07, 6.45) is 4.36. The molecule has 3 rings (SSSR count). The van der Waals surface area contributed by atoms with Gasteiger partial charge in [-0.2, -0.15) is 0 Å². The van der Waals surface area contributed by atoms with Crippen molar-refractivity contribution < 1.29 is 24.6 Å². The molecule has 138 valence electrons. The van der Waals surface area contributed by atoms with Gasteiger partial charge in [-0.1, -0.05) is 0 Å². The number of carbonyl (C=O) groups is 3. The van der Waals surface area contributed by atoms with Gasteiger partial charge in [-0.15, -0.1) is 0 Å². The van der Waals surface area contributed by atoms with Gasteiger partial charge < -0.3 is 20.4 Å². The third-order valence-corrected chi connectivity index (χ3v) is 4.54. The minimum atomic E-state index is -1.04. The van der Waals surface area contributed by atoms with Gasteiger partial charge in [0.2, 0.25) is 0 Å². The number of aromatic carboxylic acids is 1. The number of rotatable bonds is 6. The molecule has 1 fully saturated rings. The van der Waals surface area contributed by atoms with Gasteiger partial charge in [-0.25, -0.2) is 4.79 Å². The van der Waals surface area contributed by atoms with Crippen LogP contribution in [0.5, 0.6) is 0 Å². The van der Waals surface area contributed by atoms with Crippen LogP contribution in [0.15, 0.2) is 30.0 Å². The predicted octanol–water partition coefficient (Wildman–Crippen LogP) is 1.03. The normalized spacial score (nSPS) is 17.5. The maximum atomic E-state index is 12.2. The van der Waals surface area contributed by atoms with E-state index in [0.717, 1.165) is 43.3 Å². The van der Waals surface area contributed by atoms with E-state index in [1.807, 2.05) is 0 Å². The number of carboxylic acid groups (broad SMARTS) is 1. The van der Waals surface area contributed by atoms with Crippen LogP contribution >= 0.6 is 0 Å². The number of β-amino-alcohol motifs (C(OH)–C–C–N with tert-alkyl or cyclic N) is 1. The number of aliphatic hydroxyl groups is 1. The monoisotopic (exact) mass is 359 g/mol. The summed E-state index contributed by atoms with van der Waals surface area (Å²) in [7, 11) is 0. The molecule has 2 aliphatic heterocycles. The molecule has 0 atom stereocenters. The van der Waals surface area contributed by atoms with Gasteiger partial charge in [0.1, 0.15) is 5.70 Å². The van der Waals surface area contributed by atoms with Crippen molar-refractivity contribution in [3.8, 4) is 0 Å². The summed E-state index contributed by atoms with van der Waals surface area (Å²) in [6.45, 7) is 1.25. The van der Waals surface area contributed by atoms with Gasteiger partial charge in [-0.3, -0.25) is 14.5 Å². The lowest BCUT2D eigenvalue weighted by Gasteiger charge is -2.30. The number of carboxylic acids is 1. The van der Waals surface area contributed by atoms with E-state index in [1.54, 1.807) is 12.1 Å². The van der Waals surface area contributed by atoms with Gasteiger partial charge in [0.15, 0.2) is 0 Å². The van der Waals surface area contributed by atoms with E-state index in [0.29, 0.717) is 11.4 Å². The van der Waals surface area contributed by atoms with Crippen LogP contribution in [-0.2, 0) is 9.59 Å². The van der Waals surface area contributed by atoms with Crippen LogP contribution in [0.4, 0.5) is 11.4 Å². The zero-order valence-electron chi connectivity index (χ0n) is 14.3. The second-order valence-electron chi connectivity index (χ2n) is 6.29. The zero-order valence-corrected chi connectivity index (χ0v) is 14.3. The molecule has 2 heterocycles. The zero-order chi connectivity index (χ0) is 18.7. The molecule has 26 heavy (non-hydrogen) atoms. The molecule has 0 unspecified atom stereocenters. The maximum absolute atomic E-state index is 12.2. The summed E-state index contributed by atoms with van der Waals surface area (Å²) in [4.78, 5) is 38.6. The molecule has 1 saturated heterocycles. The number of imide groups is 1. The second-order valence-corrected chi connectivity index (χ2v) is 6.29. The average molecular weight is 359 g/mol. The van der Waals surface area contributed by atoms with Crippen molar-refractivity contribution in [1.29, 1.82) is 0 Å². The van der Waals surface area contributed by atoms with Gasteiger partial charge in [0.05, 0.1) is 24.4 Å². The molecule has 0 aliphatic carbocycles. The number of carbonyl (C=O) groups excluding carboxylic acids is 2. The Balaban J connectivity index is 1.82. The van der Waals surface area contributed by atoms with Gasteiger partial charge in [-0.05, 0) is 37.5 Å². The van der Waals surface area contributed by atoms with Gasteiger partial charge >= 0.3 is 5.97 Å². The first-order valence-corrected chi connectivity index (χ1v) is 8.59. The van der Waals surface area contributed by atoms with E-state index in [1.165, 1.54) is 6.07 Å². The number of hydrogen-bond acceptors (Lipinski definition) is 6. The Morgan fingerprint density at radius 2 is 1.88 bits per heavy atom. The number of anilines is 2. The lowest BCUT2D eigenvalue weighted by atomic mass is 10.1. The highest BCUT2D eigenvalue weighted by Gasteiger charge is 2.30. The van der Waals surface area contributed by atoms with Crippen molar-refractivity contribution in [2.24, 2.45) is 0 Å². The summed E-state index contributed by atoms with van der Waals surface area (Å²) < 4.78 is 0. The van der Waals surface area contributed by atoms with Gasteiger partial charge in [0.25, 0.3) is 11.8 Å². The summed E-state index contributed by atoms with van der Waals surface area (Å²) in [5, 5.41) is 21.3. The Morgan fingerprint density at radius 1 is 1.15 bits per heavy atom. The van der Waals surface area contributed by atoms with Crippen molar-refractivity contribution in [2.45, 2.75) is 19.3 Å². The first-order valence-electron chi connectivity index (χ1n) is 8.59. The Bertz CT molecular complexity index is 768. The van der Waals surface area contributed by atoms with Crippen LogP contribution in [0.2, 0.25) is 0 Å². The largest absolute Gasteiger partial charge is 0.478 e. The minimum Gasteiger partial charge on any atom is -0.478 e. The molecular weight excluding hydrogens is 338 g/mol. The molecular formula is C18H21N3O5. The van der Waals surface area contributed by atoms with E-state index in [4.69, 9.17) is 5.11 Å². The van der Waals surface area contributed by atoms with Crippen LogP contribution in [0.1, 0.15) is 29.6 Å². The van der Waals surface area contributed by atoms with E-state index in [-0.39, 0.29) is 24.4 Å². The smallest absolute Gasteiger partial charge is 0.337 e. The highest BCUT2D eigenvalue weighted by atomic mass is 16.4. The summed E-state index contributed by atoms with van der Waals surface area (Å²) in [6, 6.07) is 4.90. The third-order valence-electron chi connectivity index (χ3n) is 4.54. The van der Waals surface area contributed by atoms with E-state index < -0.39 is 17.8 Å². The van der Waals surface area contributed by atoms with Crippen LogP contribution in [0, 0.1) is 0 Å². The predicted molar refractivity (Wildman–Crippen MR) is 95.0 cm³/mol. The molecule has 2 amide bonds. The molecule has 1 aromatic carbocycles. The lowest BCUT2D eigenvalue weighted by Crippen LogP contribution is -2.34. The Hall–Kier alpha value is -2.87. The van der Waals surface area contributed by atoms with Crippen molar-refractivity contribution in [2.75, 3.05) is 36.5 Å². The van der Waals surface area contributed by atoms with Crippen LogP contribution in [0.25, 0.3) is 0 Å². The van der Waals surface area contributed by atoms with Crippen LogP contribution in [-0.4, -0.2) is 59.1 Å². The molecule has 0 spiro atoms. The molecule has 0 saturated carbocycles. The molecule has 0 aromatic heterocycles. The number of aliphatic hydroxyl groups excluding tert-OH is 1. The Labute approximate surface area is 150 Å². The number of benzene rings is 1. The molecule has 8 heteroatoms. The highest BCUT2D eigenvalue weighted by Crippen LogP contribution is 2.28. The Kier molecular flexibility index (Phi) is 5.22. The van der Waals surface area contributed by atoms with Crippen molar-refractivity contribution >= 4 is 29.2 Å². The number of nitrogens with zero attached hydrogens (tertiary/aromatic N) is 2. The van der Waals surface area contributed by atoms with E-state index >= 15 is 0 Å². The topological polar surface area (TPSA) is 110 Å². The van der Waals surface area contributed by atoms with Crippen LogP contribution in [0.3, 0.4) is 0 Å². The summed E-state index contributed by atoms with van der Waals surface area (Å²) in [5.74, 6) is -2.09. The van der Waals surface area contributed by atoms with Gasteiger partial charge in [0, 0.05) is 24.9 Å². The number of amides is 2. The molecule has 0 bridgehead atoms. The van der Waals surface area contributed by atoms with Crippen molar-refractivity contribution in [3.05, 3.63) is 35.5 Å². The Morgan fingerprint density at radius 3 is 2.54 bits per heavy atom. The fourth-order valence-corrected chi connectivity index (χ4v) is 3.26. The van der Waals surface area contributed by atoms with E-state index in [2.05, 4.69) is 10.2 Å². The summed E-state index contributed by atoms with van der Waals surface area (Å²) >= 11 is 0. The fraction of sp³-hybridized carbons (Fsp3) is 0.389. The fourth-order valence-electron chi connectivity index (χ4n) is 3.26. The van der Waals surface area contributed by atoms with Crippen molar-refractivity contribution in [1.82, 2.24) is 4.90 Å². The van der Waals surface area contributed by atoms with E-state index in [9.17, 15) is 19.5 Å². The first-order chi connectivity index (χ1) is 12.5. The average Bonchev–Trinajstić information content (AvgIpc) is 2.90. The second kappa shape index (κ2) is 7.57. The standard InChI is InChI=1S/C18H21N3O5/c22-9-8-21-16(23)11-14(17(21)24)19-12-4-5-15(13(10-12)18(25)26)20-6-2-1-3-7-20/h4-5,10-11,19,22H,1-3,6-9H2,(H,25,26). The number of hydrogen-bond donors (Lipinski definition) is 3. The first kappa shape index (κ1) is 17.9. The third kappa shape index (κ3) is 3.55. The SMILES string of the molecule is O=C(O)c1cc(NC2=CC(=O)N(CCO)C2=O)ccc1N1CCCCC1. The molecule has 2 aliphatic rings. The number of nitrogens with one attached hydrogen (secondary N) is 1. The number of piperidine rings is 1. The molecule has 3 N–H and O–H groups in total.